The number of H-pyrrole nitrogens is 1. The van der Waals surface area contributed by atoms with Crippen molar-refractivity contribution in [3.63, 3.8) is 0 Å². The highest BCUT2D eigenvalue weighted by atomic mass is 32.2. The third-order valence-electron chi connectivity index (χ3n) is 2.73. The largest absolute Gasteiger partial charge is 0.326 e. The van der Waals surface area contributed by atoms with Crippen molar-refractivity contribution < 1.29 is 8.42 Å². The molecule has 1 aromatic rings. The normalized spacial score (nSPS) is 16.9. The molecular formula is C9H16N4O2S. The summed E-state index contributed by atoms with van der Waals surface area (Å²) in [4.78, 5) is 0. The molecule has 1 aliphatic carbocycles. The number of sulfonamides is 1. The van der Waals surface area contributed by atoms with Gasteiger partial charge in [-0.05, 0) is 12.8 Å². The van der Waals surface area contributed by atoms with Crippen LogP contribution in [-0.2, 0) is 16.6 Å². The summed E-state index contributed by atoms with van der Waals surface area (Å²) in [6.07, 6.45) is 3.35. The number of nitrogens with one attached hydrogen (secondary N) is 1. The molecule has 0 aromatic carbocycles. The quantitative estimate of drug-likeness (QED) is 0.765. The first-order valence-corrected chi connectivity index (χ1v) is 6.79. The first kappa shape index (κ1) is 11.6. The fourth-order valence-corrected chi connectivity index (χ4v) is 3.59. The second-order valence-corrected chi connectivity index (χ2v) is 5.70. The van der Waals surface area contributed by atoms with Gasteiger partial charge in [0.1, 0.15) is 0 Å². The summed E-state index contributed by atoms with van der Waals surface area (Å²) < 4.78 is 26.1. The molecular weight excluding hydrogens is 228 g/mol. The molecule has 0 unspecified atom stereocenters. The van der Waals surface area contributed by atoms with Crippen molar-refractivity contribution in [2.45, 2.75) is 37.4 Å². The van der Waals surface area contributed by atoms with Crippen LogP contribution in [0.5, 0.6) is 0 Å². The highest BCUT2D eigenvalue weighted by molar-refractivity contribution is 7.89. The number of rotatable bonds is 5. The smallest absolute Gasteiger partial charge is 0.260 e. The second-order valence-electron chi connectivity index (χ2n) is 3.87. The van der Waals surface area contributed by atoms with Gasteiger partial charge >= 0.3 is 0 Å². The zero-order chi connectivity index (χ0) is 11.8. The van der Waals surface area contributed by atoms with E-state index in [1.165, 1.54) is 10.5 Å². The van der Waals surface area contributed by atoms with E-state index in [4.69, 9.17) is 5.73 Å². The lowest BCUT2D eigenvalue weighted by Gasteiger charge is -2.19. The molecule has 3 N–H and O–H groups in total. The summed E-state index contributed by atoms with van der Waals surface area (Å²) in [5.41, 5.74) is 6.02. The molecule has 1 aliphatic rings. The molecule has 0 aliphatic heterocycles. The number of hydrogen-bond donors (Lipinski definition) is 2. The average molecular weight is 244 g/mol. The standard InChI is InChI=1S/C9H16N4O2S/c1-2-13(8-3-4-8)16(14,15)9-7(5-10)6-11-12-9/h6,8H,2-5,10H2,1H3,(H,11,12). The van der Waals surface area contributed by atoms with Gasteiger partial charge in [0.05, 0.1) is 6.20 Å². The van der Waals surface area contributed by atoms with Crippen molar-refractivity contribution in [2.75, 3.05) is 6.54 Å². The molecule has 1 heterocycles. The molecule has 0 saturated heterocycles. The molecule has 16 heavy (non-hydrogen) atoms. The first-order valence-electron chi connectivity index (χ1n) is 5.35. The molecule has 2 rings (SSSR count). The van der Waals surface area contributed by atoms with E-state index in [2.05, 4.69) is 10.2 Å². The minimum absolute atomic E-state index is 0.142. The lowest BCUT2D eigenvalue weighted by Crippen LogP contribution is -2.33. The number of aromatic nitrogens is 2. The molecule has 7 heteroatoms. The highest BCUT2D eigenvalue weighted by Crippen LogP contribution is 2.31. The predicted octanol–water partition coefficient (Wildman–Crippen LogP) is 0.0414. The van der Waals surface area contributed by atoms with Gasteiger partial charge in [-0.3, -0.25) is 5.10 Å². The molecule has 1 saturated carbocycles. The highest BCUT2D eigenvalue weighted by Gasteiger charge is 2.38. The maximum Gasteiger partial charge on any atom is 0.260 e. The van der Waals surface area contributed by atoms with Crippen LogP contribution in [0.2, 0.25) is 0 Å². The molecule has 0 amide bonds. The molecule has 0 radical (unpaired) electrons. The van der Waals surface area contributed by atoms with E-state index >= 15 is 0 Å². The summed E-state index contributed by atoms with van der Waals surface area (Å²) in [5, 5.41) is 6.42. The Bertz CT molecular complexity index is 464. The van der Waals surface area contributed by atoms with Gasteiger partial charge in [0.2, 0.25) is 0 Å². The third-order valence-corrected chi connectivity index (χ3v) is 4.77. The Labute approximate surface area is 94.9 Å². The number of hydrogen-bond acceptors (Lipinski definition) is 4. The van der Waals surface area contributed by atoms with Gasteiger partial charge in [0.25, 0.3) is 10.0 Å². The van der Waals surface area contributed by atoms with Crippen LogP contribution in [0.4, 0.5) is 0 Å². The fraction of sp³-hybridized carbons (Fsp3) is 0.667. The van der Waals surface area contributed by atoms with Gasteiger partial charge in [-0.25, -0.2) is 8.42 Å². The van der Waals surface area contributed by atoms with Crippen molar-refractivity contribution in [2.24, 2.45) is 5.73 Å². The zero-order valence-corrected chi connectivity index (χ0v) is 10.00. The van der Waals surface area contributed by atoms with Crippen LogP contribution < -0.4 is 5.73 Å². The van der Waals surface area contributed by atoms with E-state index in [0.29, 0.717) is 12.1 Å². The lowest BCUT2D eigenvalue weighted by atomic mass is 10.4. The lowest BCUT2D eigenvalue weighted by molar-refractivity contribution is 0.418. The summed E-state index contributed by atoms with van der Waals surface area (Å²) in [6, 6.07) is 0.156. The van der Waals surface area contributed by atoms with Crippen LogP contribution in [0.3, 0.4) is 0 Å². The van der Waals surface area contributed by atoms with Crippen LogP contribution in [0.1, 0.15) is 25.3 Å². The minimum atomic E-state index is -3.45. The van der Waals surface area contributed by atoms with E-state index in [0.717, 1.165) is 12.8 Å². The van der Waals surface area contributed by atoms with Gasteiger partial charge in [-0.15, -0.1) is 0 Å². The van der Waals surface area contributed by atoms with Crippen molar-refractivity contribution in [3.8, 4) is 0 Å². The van der Waals surface area contributed by atoms with Gasteiger partial charge in [0.15, 0.2) is 5.03 Å². The third kappa shape index (κ3) is 1.85. The van der Waals surface area contributed by atoms with E-state index in [-0.39, 0.29) is 17.6 Å². The molecule has 6 nitrogen and oxygen atoms in total. The van der Waals surface area contributed by atoms with Crippen molar-refractivity contribution in [1.29, 1.82) is 0 Å². The molecule has 1 fully saturated rings. The topological polar surface area (TPSA) is 92.1 Å². The van der Waals surface area contributed by atoms with Gasteiger partial charge in [-0.1, -0.05) is 6.92 Å². The first-order chi connectivity index (χ1) is 7.61. The summed E-state index contributed by atoms with van der Waals surface area (Å²) >= 11 is 0. The molecule has 1 aromatic heterocycles. The van der Waals surface area contributed by atoms with Crippen LogP contribution in [0.25, 0.3) is 0 Å². The van der Waals surface area contributed by atoms with Gasteiger partial charge in [-0.2, -0.15) is 9.40 Å². The average Bonchev–Trinajstić information content (AvgIpc) is 2.95. The molecule has 0 atom stereocenters. The van der Waals surface area contributed by atoms with Crippen LogP contribution in [0.15, 0.2) is 11.2 Å². The summed E-state index contributed by atoms with van der Waals surface area (Å²) in [5.74, 6) is 0. The van der Waals surface area contributed by atoms with Gasteiger partial charge < -0.3 is 5.73 Å². The fourth-order valence-electron chi connectivity index (χ4n) is 1.77. The predicted molar refractivity (Wildman–Crippen MR) is 59.1 cm³/mol. The van der Waals surface area contributed by atoms with E-state index in [1.54, 1.807) is 0 Å². The monoisotopic (exact) mass is 244 g/mol. The van der Waals surface area contributed by atoms with E-state index in [9.17, 15) is 8.42 Å². The Morgan fingerprint density at radius 3 is 2.81 bits per heavy atom. The number of aromatic amines is 1. The Kier molecular flexibility index (Phi) is 3.00. The number of nitrogens with two attached hydrogens (primary N) is 1. The molecule has 90 valence electrons. The van der Waals surface area contributed by atoms with Crippen molar-refractivity contribution in [3.05, 3.63) is 11.8 Å². The second kappa shape index (κ2) is 4.15. The number of nitrogens with zero attached hydrogens (tertiary/aromatic N) is 2. The van der Waals surface area contributed by atoms with Crippen LogP contribution in [-0.4, -0.2) is 35.5 Å². The Hall–Kier alpha value is -0.920. The van der Waals surface area contributed by atoms with E-state index < -0.39 is 10.0 Å². The minimum Gasteiger partial charge on any atom is -0.326 e. The maximum absolute atomic E-state index is 12.3. The van der Waals surface area contributed by atoms with Crippen LogP contribution in [0, 0.1) is 0 Å². The Morgan fingerprint density at radius 1 is 1.62 bits per heavy atom. The maximum atomic E-state index is 12.3. The Balaban J connectivity index is 2.37. The van der Waals surface area contributed by atoms with Gasteiger partial charge in [0, 0.05) is 24.7 Å². The zero-order valence-electron chi connectivity index (χ0n) is 9.18. The molecule has 0 spiro atoms. The molecule has 0 bridgehead atoms. The Morgan fingerprint density at radius 2 is 2.31 bits per heavy atom. The SMILES string of the molecule is CCN(C1CC1)S(=O)(=O)c1[nH]ncc1CN. The van der Waals surface area contributed by atoms with Crippen molar-refractivity contribution in [1.82, 2.24) is 14.5 Å². The van der Waals surface area contributed by atoms with E-state index in [1.807, 2.05) is 6.92 Å². The van der Waals surface area contributed by atoms with Crippen molar-refractivity contribution >= 4 is 10.0 Å². The summed E-state index contributed by atoms with van der Waals surface area (Å²) in [7, 11) is -3.45. The summed E-state index contributed by atoms with van der Waals surface area (Å²) in [6.45, 7) is 2.50. The van der Waals surface area contributed by atoms with Crippen LogP contribution >= 0.6 is 0 Å².